The summed E-state index contributed by atoms with van der Waals surface area (Å²) in [4.78, 5) is 27.3. The Kier molecular flexibility index (Phi) is 4.52. The van der Waals surface area contributed by atoms with Crippen molar-refractivity contribution < 1.29 is 18.4 Å². The third kappa shape index (κ3) is 3.18. The number of nitrogens with zero attached hydrogens (tertiary/aromatic N) is 2. The van der Waals surface area contributed by atoms with Gasteiger partial charge in [-0.05, 0) is 12.1 Å². The highest BCUT2D eigenvalue weighted by Crippen LogP contribution is 2.16. The van der Waals surface area contributed by atoms with Gasteiger partial charge in [-0.1, -0.05) is 0 Å². The van der Waals surface area contributed by atoms with Crippen LogP contribution in [-0.2, 0) is 4.79 Å². The van der Waals surface area contributed by atoms with E-state index in [1.54, 1.807) is 14.1 Å². The van der Waals surface area contributed by atoms with Crippen molar-refractivity contribution in [2.24, 2.45) is 0 Å². The number of hydrogen-bond donors (Lipinski definition) is 1. The van der Waals surface area contributed by atoms with Gasteiger partial charge in [0.25, 0.3) is 5.91 Å². The molecule has 114 valence electrons. The van der Waals surface area contributed by atoms with Crippen LogP contribution in [0.3, 0.4) is 0 Å². The molecule has 0 bridgehead atoms. The predicted octanol–water partition coefficient (Wildman–Crippen LogP) is 0.467. The van der Waals surface area contributed by atoms with E-state index >= 15 is 0 Å². The SMILES string of the molecule is CN(C)C(=O)C1CNCCN1C(=O)c1ccc(F)cc1F. The van der Waals surface area contributed by atoms with E-state index in [4.69, 9.17) is 0 Å². The summed E-state index contributed by atoms with van der Waals surface area (Å²) in [6.07, 6.45) is 0. The van der Waals surface area contributed by atoms with Gasteiger partial charge in [0.1, 0.15) is 17.7 Å². The Labute approximate surface area is 121 Å². The maximum atomic E-state index is 13.7. The lowest BCUT2D eigenvalue weighted by molar-refractivity contribution is -0.134. The lowest BCUT2D eigenvalue weighted by Gasteiger charge is -2.36. The van der Waals surface area contributed by atoms with Crippen LogP contribution in [0, 0.1) is 11.6 Å². The molecule has 1 aliphatic heterocycles. The molecule has 7 heteroatoms. The molecule has 5 nitrogen and oxygen atoms in total. The van der Waals surface area contributed by atoms with E-state index in [-0.39, 0.29) is 11.5 Å². The lowest BCUT2D eigenvalue weighted by atomic mass is 10.1. The first-order valence-electron chi connectivity index (χ1n) is 6.59. The van der Waals surface area contributed by atoms with Crippen molar-refractivity contribution >= 4 is 11.8 Å². The highest BCUT2D eigenvalue weighted by atomic mass is 19.1. The molecule has 1 N–H and O–H groups in total. The van der Waals surface area contributed by atoms with Gasteiger partial charge in [-0.2, -0.15) is 0 Å². The molecule has 21 heavy (non-hydrogen) atoms. The number of carbonyl (C=O) groups excluding carboxylic acids is 2. The first kappa shape index (κ1) is 15.4. The minimum atomic E-state index is -0.922. The van der Waals surface area contributed by atoms with Gasteiger partial charge in [0.05, 0.1) is 5.56 Å². The quantitative estimate of drug-likeness (QED) is 0.863. The van der Waals surface area contributed by atoms with E-state index in [0.717, 1.165) is 12.1 Å². The number of benzene rings is 1. The van der Waals surface area contributed by atoms with Crippen molar-refractivity contribution in [3.8, 4) is 0 Å². The zero-order chi connectivity index (χ0) is 15.6. The molecule has 1 fully saturated rings. The maximum absolute atomic E-state index is 13.7. The predicted molar refractivity (Wildman–Crippen MR) is 72.7 cm³/mol. The third-order valence-electron chi connectivity index (χ3n) is 3.39. The second-order valence-electron chi connectivity index (χ2n) is 5.08. The van der Waals surface area contributed by atoms with E-state index in [9.17, 15) is 18.4 Å². The number of halogens is 2. The van der Waals surface area contributed by atoms with Crippen molar-refractivity contribution in [1.29, 1.82) is 0 Å². The summed E-state index contributed by atoms with van der Waals surface area (Å²) in [6, 6.07) is 2.11. The molecule has 1 aromatic rings. The zero-order valence-electron chi connectivity index (χ0n) is 11.9. The molecule has 0 radical (unpaired) electrons. The van der Waals surface area contributed by atoms with E-state index in [1.807, 2.05) is 0 Å². The second-order valence-corrected chi connectivity index (χ2v) is 5.08. The minimum Gasteiger partial charge on any atom is -0.347 e. The number of likely N-dealkylation sites (N-methyl/N-ethyl adjacent to an activating group) is 1. The smallest absolute Gasteiger partial charge is 0.257 e. The Morgan fingerprint density at radius 2 is 2.05 bits per heavy atom. The van der Waals surface area contributed by atoms with Crippen molar-refractivity contribution in [3.63, 3.8) is 0 Å². The molecule has 1 aliphatic rings. The second kappa shape index (κ2) is 6.17. The summed E-state index contributed by atoms with van der Waals surface area (Å²) in [5.41, 5.74) is -0.227. The van der Waals surface area contributed by atoms with Gasteiger partial charge < -0.3 is 15.1 Å². The van der Waals surface area contributed by atoms with Gasteiger partial charge >= 0.3 is 0 Å². The van der Waals surface area contributed by atoms with Crippen molar-refractivity contribution in [1.82, 2.24) is 15.1 Å². The Hall–Kier alpha value is -2.02. The topological polar surface area (TPSA) is 52.7 Å². The van der Waals surface area contributed by atoms with Crippen LogP contribution in [0.4, 0.5) is 8.78 Å². The summed E-state index contributed by atoms with van der Waals surface area (Å²) in [5, 5.41) is 3.04. The number of piperazine rings is 1. The average Bonchev–Trinajstić information content (AvgIpc) is 2.45. The number of amides is 2. The van der Waals surface area contributed by atoms with Gasteiger partial charge in [-0.25, -0.2) is 8.78 Å². The van der Waals surface area contributed by atoms with Gasteiger partial charge in [0.2, 0.25) is 5.91 Å². The Balaban J connectivity index is 2.28. The molecule has 1 unspecified atom stereocenters. The Bertz CT molecular complexity index is 563. The standard InChI is InChI=1S/C14H17F2N3O2/c1-18(2)14(21)12-8-17-5-6-19(12)13(20)10-4-3-9(15)7-11(10)16/h3-4,7,12,17H,5-6,8H2,1-2H3. The van der Waals surface area contributed by atoms with E-state index in [1.165, 1.54) is 9.80 Å². The highest BCUT2D eigenvalue weighted by molar-refractivity contribution is 5.98. The van der Waals surface area contributed by atoms with Gasteiger partial charge in [-0.15, -0.1) is 0 Å². The summed E-state index contributed by atoms with van der Waals surface area (Å²) in [6.45, 7) is 1.12. The summed E-state index contributed by atoms with van der Waals surface area (Å²) < 4.78 is 26.7. The molecule has 1 heterocycles. The Morgan fingerprint density at radius 1 is 1.33 bits per heavy atom. The molecular weight excluding hydrogens is 280 g/mol. The molecule has 0 saturated carbocycles. The molecule has 1 atom stereocenters. The van der Waals surface area contributed by atoms with Crippen LogP contribution in [0.5, 0.6) is 0 Å². The minimum absolute atomic E-state index is 0.227. The summed E-state index contributed by atoms with van der Waals surface area (Å²) >= 11 is 0. The van der Waals surface area contributed by atoms with Crippen LogP contribution >= 0.6 is 0 Å². The van der Waals surface area contributed by atoms with Crippen LogP contribution in [0.2, 0.25) is 0 Å². The molecule has 1 saturated heterocycles. The fourth-order valence-corrected chi connectivity index (χ4v) is 2.28. The Morgan fingerprint density at radius 3 is 2.67 bits per heavy atom. The molecular formula is C14H17F2N3O2. The largest absolute Gasteiger partial charge is 0.347 e. The van der Waals surface area contributed by atoms with Gasteiger partial charge in [-0.3, -0.25) is 9.59 Å². The number of rotatable bonds is 2. The number of hydrogen-bond acceptors (Lipinski definition) is 3. The fraction of sp³-hybridized carbons (Fsp3) is 0.429. The normalized spacial score (nSPS) is 18.5. The van der Waals surface area contributed by atoms with E-state index < -0.39 is 23.6 Å². The highest BCUT2D eigenvalue weighted by Gasteiger charge is 2.34. The van der Waals surface area contributed by atoms with Crippen molar-refractivity contribution in [2.45, 2.75) is 6.04 Å². The molecule has 2 amide bonds. The van der Waals surface area contributed by atoms with E-state index in [2.05, 4.69) is 5.32 Å². The molecule has 0 aromatic heterocycles. The number of carbonyl (C=O) groups is 2. The first-order valence-corrected chi connectivity index (χ1v) is 6.59. The fourth-order valence-electron chi connectivity index (χ4n) is 2.28. The van der Waals surface area contributed by atoms with Gasteiger partial charge in [0.15, 0.2) is 0 Å². The van der Waals surface area contributed by atoms with Crippen molar-refractivity contribution in [3.05, 3.63) is 35.4 Å². The van der Waals surface area contributed by atoms with Crippen molar-refractivity contribution in [2.75, 3.05) is 33.7 Å². The third-order valence-corrected chi connectivity index (χ3v) is 3.39. The summed E-state index contributed by atoms with van der Waals surface area (Å²) in [5.74, 6) is -2.51. The maximum Gasteiger partial charge on any atom is 0.257 e. The van der Waals surface area contributed by atoms with Crippen LogP contribution in [0.15, 0.2) is 18.2 Å². The van der Waals surface area contributed by atoms with Crippen LogP contribution in [-0.4, -0.2) is 61.4 Å². The lowest BCUT2D eigenvalue weighted by Crippen LogP contribution is -2.59. The monoisotopic (exact) mass is 297 g/mol. The first-order chi connectivity index (χ1) is 9.91. The molecule has 1 aromatic carbocycles. The van der Waals surface area contributed by atoms with Crippen LogP contribution in [0.1, 0.15) is 10.4 Å². The van der Waals surface area contributed by atoms with E-state index in [0.29, 0.717) is 25.7 Å². The van der Waals surface area contributed by atoms with Crippen LogP contribution < -0.4 is 5.32 Å². The van der Waals surface area contributed by atoms with Crippen LogP contribution in [0.25, 0.3) is 0 Å². The zero-order valence-corrected chi connectivity index (χ0v) is 11.9. The molecule has 2 rings (SSSR count). The van der Waals surface area contributed by atoms with Gasteiger partial charge in [0, 0.05) is 39.8 Å². The summed E-state index contributed by atoms with van der Waals surface area (Å²) in [7, 11) is 3.19. The average molecular weight is 297 g/mol. The molecule has 0 spiro atoms. The molecule has 0 aliphatic carbocycles. The number of nitrogens with one attached hydrogen (secondary N) is 1.